The highest BCUT2D eigenvalue weighted by molar-refractivity contribution is 5.85. The van der Waals surface area contributed by atoms with Crippen molar-refractivity contribution in [3.05, 3.63) is 87.3 Å². The van der Waals surface area contributed by atoms with Crippen LogP contribution in [0, 0.1) is 5.82 Å². The number of H-pyrrole nitrogens is 2. The molecule has 1 aliphatic rings. The molecule has 1 aromatic heterocycles. The normalized spacial score (nSPS) is 16.7. The highest BCUT2D eigenvalue weighted by Crippen LogP contribution is 2.34. The van der Waals surface area contributed by atoms with E-state index in [1.165, 1.54) is 12.1 Å². The van der Waals surface area contributed by atoms with Gasteiger partial charge in [0.1, 0.15) is 5.82 Å². The fourth-order valence-electron chi connectivity index (χ4n) is 3.64. The summed E-state index contributed by atoms with van der Waals surface area (Å²) in [5.74, 6) is -0.380. The number of nitrogens with one attached hydrogen (secondary N) is 3. The lowest BCUT2D eigenvalue weighted by atomic mass is 9.99. The molecule has 1 aliphatic carbocycles. The molecule has 138 valence electrons. The molecule has 3 aromatic rings. The third-order valence-electron chi connectivity index (χ3n) is 4.95. The second kappa shape index (κ2) is 7.19. The summed E-state index contributed by atoms with van der Waals surface area (Å²) in [4.78, 5) is 27.0. The van der Waals surface area contributed by atoms with Crippen LogP contribution in [0.15, 0.2) is 53.3 Å². The second-order valence-electron chi connectivity index (χ2n) is 6.75. The van der Waals surface area contributed by atoms with Crippen LogP contribution in [-0.2, 0) is 17.6 Å². The van der Waals surface area contributed by atoms with Crippen LogP contribution in [0.5, 0.6) is 0 Å². The van der Waals surface area contributed by atoms with Crippen LogP contribution in [0.4, 0.5) is 4.39 Å². The van der Waals surface area contributed by atoms with Crippen LogP contribution >= 0.6 is 0 Å². The minimum Gasteiger partial charge on any atom is -0.345 e. The molecule has 0 fully saturated rings. The van der Waals surface area contributed by atoms with Crippen molar-refractivity contribution in [3.8, 4) is 0 Å². The van der Waals surface area contributed by atoms with Gasteiger partial charge in [-0.2, -0.15) is 5.10 Å². The molecule has 0 saturated heterocycles. The van der Waals surface area contributed by atoms with Crippen LogP contribution in [-0.4, -0.2) is 21.1 Å². The van der Waals surface area contributed by atoms with Crippen LogP contribution in [0.3, 0.4) is 0 Å². The standard InChI is InChI=1S/C20H19FN4O2/c21-14-7-9-15-13(11-14)6-8-16(15)19(26)22-17(18-23-20(27)25-24-18)10-12-4-2-1-3-5-12/h1-5,7,9,11,16-17H,6,8,10H2,(H,22,26)(H2,23,24,25,27). The number of benzene rings is 2. The third-order valence-corrected chi connectivity index (χ3v) is 4.95. The molecule has 0 saturated carbocycles. The predicted molar refractivity (Wildman–Crippen MR) is 97.7 cm³/mol. The maximum atomic E-state index is 13.4. The number of nitrogens with zero attached hydrogens (tertiary/aromatic N) is 1. The van der Waals surface area contributed by atoms with Crippen LogP contribution in [0.2, 0.25) is 0 Å². The van der Waals surface area contributed by atoms with E-state index in [1.807, 2.05) is 30.3 Å². The second-order valence-corrected chi connectivity index (χ2v) is 6.75. The fraction of sp³-hybridized carbons (Fsp3) is 0.250. The van der Waals surface area contributed by atoms with E-state index in [0.29, 0.717) is 25.1 Å². The zero-order chi connectivity index (χ0) is 18.8. The monoisotopic (exact) mass is 366 g/mol. The van der Waals surface area contributed by atoms with E-state index < -0.39 is 11.7 Å². The number of amides is 1. The van der Waals surface area contributed by atoms with Crippen molar-refractivity contribution >= 4 is 5.91 Å². The molecule has 1 amide bonds. The number of fused-ring (bicyclic) bond motifs is 1. The average molecular weight is 366 g/mol. The summed E-state index contributed by atoms with van der Waals surface area (Å²) in [5.41, 5.74) is 2.34. The highest BCUT2D eigenvalue weighted by atomic mass is 19.1. The van der Waals surface area contributed by atoms with Crippen molar-refractivity contribution in [3.63, 3.8) is 0 Å². The lowest BCUT2D eigenvalue weighted by molar-refractivity contribution is -0.123. The lowest BCUT2D eigenvalue weighted by Crippen LogP contribution is -2.34. The lowest BCUT2D eigenvalue weighted by Gasteiger charge is -2.19. The van der Waals surface area contributed by atoms with Crippen LogP contribution in [0.25, 0.3) is 0 Å². The molecule has 6 nitrogen and oxygen atoms in total. The number of aromatic nitrogens is 3. The molecule has 4 rings (SSSR count). The van der Waals surface area contributed by atoms with E-state index in [0.717, 1.165) is 16.7 Å². The van der Waals surface area contributed by atoms with Gasteiger partial charge in [0.25, 0.3) is 0 Å². The predicted octanol–water partition coefficient (Wildman–Crippen LogP) is 2.37. The summed E-state index contributed by atoms with van der Waals surface area (Å²) in [6.45, 7) is 0. The number of aryl methyl sites for hydroxylation is 1. The number of hydrogen-bond donors (Lipinski definition) is 3. The molecule has 27 heavy (non-hydrogen) atoms. The smallest absolute Gasteiger partial charge is 0.340 e. The minimum atomic E-state index is -0.469. The van der Waals surface area contributed by atoms with E-state index in [9.17, 15) is 14.0 Å². The molecule has 0 aliphatic heterocycles. The van der Waals surface area contributed by atoms with Gasteiger partial charge in [0.15, 0.2) is 5.82 Å². The van der Waals surface area contributed by atoms with Crippen molar-refractivity contribution in [2.45, 2.75) is 31.2 Å². The Kier molecular flexibility index (Phi) is 4.58. The number of carbonyl (C=O) groups is 1. The zero-order valence-corrected chi connectivity index (χ0v) is 14.5. The summed E-state index contributed by atoms with van der Waals surface area (Å²) in [6, 6.07) is 13.8. The first-order valence-electron chi connectivity index (χ1n) is 8.87. The molecule has 3 N–H and O–H groups in total. The SMILES string of the molecule is O=C(NC(Cc1ccccc1)c1n[nH]c(=O)[nH]1)C1CCc2cc(F)ccc21. The Labute approximate surface area is 154 Å². The molecule has 2 atom stereocenters. The molecule has 2 aromatic carbocycles. The average Bonchev–Trinajstić information content (AvgIpc) is 3.28. The number of aromatic amines is 2. The Balaban J connectivity index is 1.57. The van der Waals surface area contributed by atoms with Crippen molar-refractivity contribution < 1.29 is 9.18 Å². The van der Waals surface area contributed by atoms with Gasteiger partial charge in [0.2, 0.25) is 5.91 Å². The van der Waals surface area contributed by atoms with Gasteiger partial charge in [-0.3, -0.25) is 9.78 Å². The van der Waals surface area contributed by atoms with Crippen LogP contribution < -0.4 is 11.0 Å². The molecular weight excluding hydrogens is 347 g/mol. The van der Waals surface area contributed by atoms with E-state index in [4.69, 9.17) is 0 Å². The van der Waals surface area contributed by atoms with E-state index >= 15 is 0 Å². The van der Waals surface area contributed by atoms with Crippen molar-refractivity contribution in [1.82, 2.24) is 20.5 Å². The van der Waals surface area contributed by atoms with E-state index in [1.54, 1.807) is 6.07 Å². The largest absolute Gasteiger partial charge is 0.345 e. The van der Waals surface area contributed by atoms with Gasteiger partial charge >= 0.3 is 5.69 Å². The van der Waals surface area contributed by atoms with Gasteiger partial charge in [-0.25, -0.2) is 14.3 Å². The Morgan fingerprint density at radius 1 is 1.26 bits per heavy atom. The molecular formula is C20H19FN4O2. The molecule has 2 unspecified atom stereocenters. The van der Waals surface area contributed by atoms with Gasteiger partial charge in [0, 0.05) is 0 Å². The summed E-state index contributed by atoms with van der Waals surface area (Å²) in [6.07, 6.45) is 1.81. The molecule has 0 radical (unpaired) electrons. The summed E-state index contributed by atoms with van der Waals surface area (Å²) in [7, 11) is 0. The fourth-order valence-corrected chi connectivity index (χ4v) is 3.64. The zero-order valence-electron chi connectivity index (χ0n) is 14.5. The molecule has 0 spiro atoms. The van der Waals surface area contributed by atoms with Crippen LogP contribution in [0.1, 0.15) is 40.9 Å². The highest BCUT2D eigenvalue weighted by Gasteiger charge is 2.31. The van der Waals surface area contributed by atoms with Crippen molar-refractivity contribution in [2.24, 2.45) is 0 Å². The topological polar surface area (TPSA) is 90.6 Å². The minimum absolute atomic E-state index is 0.148. The molecule has 7 heteroatoms. The Morgan fingerprint density at radius 2 is 2.07 bits per heavy atom. The Hall–Kier alpha value is -3.22. The van der Waals surface area contributed by atoms with E-state index in [-0.39, 0.29) is 17.6 Å². The van der Waals surface area contributed by atoms with Gasteiger partial charge in [-0.15, -0.1) is 0 Å². The van der Waals surface area contributed by atoms with Gasteiger partial charge in [-0.05, 0) is 48.1 Å². The summed E-state index contributed by atoms with van der Waals surface area (Å²) < 4.78 is 13.4. The number of rotatable bonds is 5. The summed E-state index contributed by atoms with van der Waals surface area (Å²) >= 11 is 0. The maximum Gasteiger partial charge on any atom is 0.340 e. The Morgan fingerprint density at radius 3 is 2.81 bits per heavy atom. The van der Waals surface area contributed by atoms with Gasteiger partial charge in [-0.1, -0.05) is 36.4 Å². The molecule has 1 heterocycles. The van der Waals surface area contributed by atoms with Crippen molar-refractivity contribution in [2.75, 3.05) is 0 Å². The number of carbonyl (C=O) groups excluding carboxylic acids is 1. The first-order valence-corrected chi connectivity index (χ1v) is 8.87. The Bertz CT molecular complexity index is 1010. The number of halogens is 1. The maximum absolute atomic E-state index is 13.4. The van der Waals surface area contributed by atoms with Gasteiger partial charge < -0.3 is 5.32 Å². The van der Waals surface area contributed by atoms with Gasteiger partial charge in [0.05, 0.1) is 12.0 Å². The third kappa shape index (κ3) is 3.67. The first-order chi connectivity index (χ1) is 13.1. The van der Waals surface area contributed by atoms with E-state index in [2.05, 4.69) is 20.5 Å². The number of hydrogen-bond acceptors (Lipinski definition) is 3. The first kappa shape index (κ1) is 17.2. The quantitative estimate of drug-likeness (QED) is 0.647. The van der Waals surface area contributed by atoms with Crippen molar-refractivity contribution in [1.29, 1.82) is 0 Å². The summed E-state index contributed by atoms with van der Waals surface area (Å²) in [5, 5.41) is 9.34. The molecule has 0 bridgehead atoms.